The van der Waals surface area contributed by atoms with E-state index in [1.165, 1.54) is 0 Å². The molecule has 2 N–H and O–H groups in total. The molecule has 0 bridgehead atoms. The third-order valence-electron chi connectivity index (χ3n) is 3.43. The van der Waals surface area contributed by atoms with Gasteiger partial charge in [0.05, 0.1) is 17.6 Å². The molecule has 6 heteroatoms. The number of unbranched alkanes of at least 4 members (excludes halogenated alkanes) is 1. The van der Waals surface area contributed by atoms with Crippen LogP contribution in [0.1, 0.15) is 36.8 Å². The van der Waals surface area contributed by atoms with Crippen LogP contribution >= 0.6 is 0 Å². The van der Waals surface area contributed by atoms with Crippen LogP contribution in [0.25, 0.3) is 5.69 Å². The van der Waals surface area contributed by atoms with Gasteiger partial charge in [0, 0.05) is 19.0 Å². The van der Waals surface area contributed by atoms with E-state index in [0.717, 1.165) is 16.8 Å². The zero-order valence-corrected chi connectivity index (χ0v) is 13.4. The average molecular weight is 315 g/mol. The van der Waals surface area contributed by atoms with Gasteiger partial charge in [-0.25, -0.2) is 4.68 Å². The fourth-order valence-electron chi connectivity index (χ4n) is 2.27. The molecule has 0 saturated heterocycles. The van der Waals surface area contributed by atoms with E-state index >= 15 is 0 Å². The Kier molecular flexibility index (Phi) is 5.51. The van der Waals surface area contributed by atoms with Crippen LogP contribution in [0, 0.1) is 13.8 Å². The molecule has 6 nitrogen and oxygen atoms in total. The van der Waals surface area contributed by atoms with Crippen molar-refractivity contribution in [2.45, 2.75) is 39.5 Å². The highest BCUT2D eigenvalue weighted by atomic mass is 16.4. The Balaban J connectivity index is 2.05. The normalized spacial score (nSPS) is 10.5. The van der Waals surface area contributed by atoms with Crippen LogP contribution in [-0.4, -0.2) is 26.8 Å². The second-order valence-electron chi connectivity index (χ2n) is 5.63. The molecule has 23 heavy (non-hydrogen) atoms. The number of nitrogens with zero attached hydrogens (tertiary/aromatic N) is 2. The number of carboxylic acids is 1. The molecule has 0 aliphatic rings. The summed E-state index contributed by atoms with van der Waals surface area (Å²) in [4.78, 5) is 22.5. The Labute approximate surface area is 135 Å². The van der Waals surface area contributed by atoms with Crippen LogP contribution in [0.2, 0.25) is 0 Å². The maximum atomic E-state index is 12.1. The Morgan fingerprint density at radius 3 is 2.57 bits per heavy atom. The van der Waals surface area contributed by atoms with E-state index in [1.807, 2.05) is 38.2 Å². The van der Waals surface area contributed by atoms with Gasteiger partial charge in [0.25, 0.3) is 0 Å². The van der Waals surface area contributed by atoms with Gasteiger partial charge in [0.15, 0.2) is 0 Å². The van der Waals surface area contributed by atoms with Crippen molar-refractivity contribution in [3.63, 3.8) is 0 Å². The maximum absolute atomic E-state index is 12.1. The molecule has 0 aliphatic heterocycles. The number of anilines is 1. The fraction of sp³-hybridized carbons (Fsp3) is 0.353. The minimum atomic E-state index is -0.833. The summed E-state index contributed by atoms with van der Waals surface area (Å²) in [5, 5.41) is 15.8. The van der Waals surface area contributed by atoms with Gasteiger partial charge in [-0.1, -0.05) is 6.07 Å². The van der Waals surface area contributed by atoms with Gasteiger partial charge >= 0.3 is 5.97 Å². The molecule has 0 spiro atoms. The van der Waals surface area contributed by atoms with Gasteiger partial charge in [-0.05, 0) is 49.9 Å². The number of hydrogen-bond donors (Lipinski definition) is 2. The summed E-state index contributed by atoms with van der Waals surface area (Å²) in [5.74, 6) is -0.952. The molecule has 122 valence electrons. The third kappa shape index (κ3) is 4.95. The quantitative estimate of drug-likeness (QED) is 0.769. The molecule has 0 saturated carbocycles. The highest BCUT2D eigenvalue weighted by Gasteiger charge is 2.10. The van der Waals surface area contributed by atoms with E-state index in [2.05, 4.69) is 10.4 Å². The molecule has 1 amide bonds. The number of nitrogens with one attached hydrogen (secondary N) is 1. The number of aliphatic carboxylic acids is 1. The number of aryl methyl sites for hydroxylation is 2. The van der Waals surface area contributed by atoms with E-state index < -0.39 is 5.97 Å². The number of aromatic nitrogens is 2. The van der Waals surface area contributed by atoms with Crippen molar-refractivity contribution >= 4 is 17.6 Å². The predicted octanol–water partition coefficient (Wildman–Crippen LogP) is 3.07. The standard InChI is InChI=1S/C17H21N3O3/c1-12-7-8-15(20-11-13(2)10-18-20)14(9-12)19-16(21)5-3-4-6-17(22)23/h7-11H,3-6H2,1-2H3,(H,19,21)(H,22,23). The second-order valence-corrected chi connectivity index (χ2v) is 5.63. The number of rotatable bonds is 7. The SMILES string of the molecule is Cc1ccc(-n2cc(C)cn2)c(NC(=O)CCCCC(=O)O)c1. The number of hydrogen-bond acceptors (Lipinski definition) is 3. The molecule has 0 atom stereocenters. The highest BCUT2D eigenvalue weighted by Crippen LogP contribution is 2.22. The lowest BCUT2D eigenvalue weighted by atomic mass is 10.1. The van der Waals surface area contributed by atoms with Crippen molar-refractivity contribution in [3.05, 3.63) is 41.7 Å². The van der Waals surface area contributed by atoms with Crippen molar-refractivity contribution in [1.29, 1.82) is 0 Å². The van der Waals surface area contributed by atoms with Gasteiger partial charge in [-0.2, -0.15) is 5.10 Å². The van der Waals surface area contributed by atoms with Gasteiger partial charge in [0.2, 0.25) is 5.91 Å². The summed E-state index contributed by atoms with van der Waals surface area (Å²) >= 11 is 0. The maximum Gasteiger partial charge on any atom is 0.303 e. The topological polar surface area (TPSA) is 84.2 Å². The van der Waals surface area contributed by atoms with Gasteiger partial charge in [-0.15, -0.1) is 0 Å². The van der Waals surface area contributed by atoms with Crippen LogP contribution < -0.4 is 5.32 Å². The minimum absolute atomic E-state index is 0.0928. The summed E-state index contributed by atoms with van der Waals surface area (Å²) in [6.07, 6.45) is 5.11. The Morgan fingerprint density at radius 1 is 1.17 bits per heavy atom. The molecule has 1 aromatic carbocycles. The zero-order chi connectivity index (χ0) is 16.8. The van der Waals surface area contributed by atoms with Crippen LogP contribution in [-0.2, 0) is 9.59 Å². The van der Waals surface area contributed by atoms with Crippen molar-refractivity contribution in [2.24, 2.45) is 0 Å². The third-order valence-corrected chi connectivity index (χ3v) is 3.43. The van der Waals surface area contributed by atoms with Crippen LogP contribution in [0.4, 0.5) is 5.69 Å². The second kappa shape index (κ2) is 7.58. The lowest BCUT2D eigenvalue weighted by Gasteiger charge is -2.12. The highest BCUT2D eigenvalue weighted by molar-refractivity contribution is 5.93. The van der Waals surface area contributed by atoms with Crippen LogP contribution in [0.3, 0.4) is 0 Å². The first-order chi connectivity index (χ1) is 11.0. The van der Waals surface area contributed by atoms with E-state index in [-0.39, 0.29) is 12.3 Å². The number of carbonyl (C=O) groups excluding carboxylic acids is 1. The molecule has 1 aromatic heterocycles. The predicted molar refractivity (Wildman–Crippen MR) is 87.8 cm³/mol. The summed E-state index contributed by atoms with van der Waals surface area (Å²) in [5.41, 5.74) is 3.59. The van der Waals surface area contributed by atoms with Crippen molar-refractivity contribution in [3.8, 4) is 5.69 Å². The molecule has 0 fully saturated rings. The smallest absolute Gasteiger partial charge is 0.303 e. The van der Waals surface area contributed by atoms with Crippen LogP contribution in [0.5, 0.6) is 0 Å². The van der Waals surface area contributed by atoms with Crippen molar-refractivity contribution in [1.82, 2.24) is 9.78 Å². The monoisotopic (exact) mass is 315 g/mol. The minimum Gasteiger partial charge on any atom is -0.481 e. The van der Waals surface area contributed by atoms with Crippen molar-refractivity contribution in [2.75, 3.05) is 5.32 Å². The largest absolute Gasteiger partial charge is 0.481 e. The molecule has 1 heterocycles. The molecular weight excluding hydrogens is 294 g/mol. The number of benzene rings is 1. The number of amides is 1. The summed E-state index contributed by atoms with van der Waals surface area (Å²) < 4.78 is 1.73. The molecule has 0 aliphatic carbocycles. The Hall–Kier alpha value is -2.63. The number of carbonyl (C=O) groups is 2. The van der Waals surface area contributed by atoms with Gasteiger partial charge < -0.3 is 10.4 Å². The summed E-state index contributed by atoms with van der Waals surface area (Å²) in [6.45, 7) is 3.92. The molecule has 2 rings (SSSR count). The van der Waals surface area contributed by atoms with E-state index in [9.17, 15) is 9.59 Å². The first-order valence-electron chi connectivity index (χ1n) is 7.59. The first-order valence-corrected chi connectivity index (χ1v) is 7.59. The lowest BCUT2D eigenvalue weighted by molar-refractivity contribution is -0.137. The average Bonchev–Trinajstić information content (AvgIpc) is 2.90. The summed E-state index contributed by atoms with van der Waals surface area (Å²) in [7, 11) is 0. The first kappa shape index (κ1) is 16.7. The van der Waals surface area contributed by atoms with Gasteiger partial charge in [-0.3, -0.25) is 9.59 Å². The van der Waals surface area contributed by atoms with Crippen LogP contribution in [0.15, 0.2) is 30.6 Å². The van der Waals surface area contributed by atoms with E-state index in [0.29, 0.717) is 24.9 Å². The van der Waals surface area contributed by atoms with Crippen molar-refractivity contribution < 1.29 is 14.7 Å². The molecule has 2 aromatic rings. The molecule has 0 radical (unpaired) electrons. The van der Waals surface area contributed by atoms with Gasteiger partial charge in [0.1, 0.15) is 0 Å². The summed E-state index contributed by atoms with van der Waals surface area (Å²) in [6, 6.07) is 5.79. The number of carboxylic acid groups (broad SMARTS) is 1. The Bertz CT molecular complexity index is 707. The lowest BCUT2D eigenvalue weighted by Crippen LogP contribution is -2.14. The molecule has 0 unspecified atom stereocenters. The molecular formula is C17H21N3O3. The fourth-order valence-corrected chi connectivity index (χ4v) is 2.27. The van der Waals surface area contributed by atoms with E-state index in [4.69, 9.17) is 5.11 Å². The van der Waals surface area contributed by atoms with E-state index in [1.54, 1.807) is 10.9 Å². The Morgan fingerprint density at radius 2 is 1.91 bits per heavy atom. The zero-order valence-electron chi connectivity index (χ0n) is 13.4.